The van der Waals surface area contributed by atoms with Crippen LogP contribution in [-0.2, 0) is 9.13 Å². The second-order valence-electron chi connectivity index (χ2n) is 0.224. The maximum atomic E-state index is 8.48. The molecule has 0 fully saturated rings. The van der Waals surface area contributed by atoms with E-state index in [1.165, 1.54) is 0 Å². The van der Waals surface area contributed by atoms with Crippen molar-refractivity contribution in [3.63, 3.8) is 0 Å². The zero-order valence-corrected chi connectivity index (χ0v) is 6.07. The molecule has 6 heteroatoms. The first-order valence-electron chi connectivity index (χ1n) is 0.548. The molecule has 0 amide bonds. The van der Waals surface area contributed by atoms with Crippen LogP contribution < -0.4 is 34.5 Å². The van der Waals surface area contributed by atoms with Crippen LogP contribution in [0.15, 0.2) is 0 Å². The molecular formula is H2NaO4P. The van der Waals surface area contributed by atoms with Gasteiger partial charge in [0.25, 0.3) is 0 Å². The Morgan fingerprint density at radius 3 is 1.33 bits per heavy atom. The first-order chi connectivity index (χ1) is 1.73. The summed E-state index contributed by atoms with van der Waals surface area (Å²) in [5, 5.41) is 0. The SMILES string of the molecule is O.O=P(=O)[O-].[Na+]. The van der Waals surface area contributed by atoms with Crippen LogP contribution in [0.4, 0.5) is 0 Å². The smallest absolute Gasteiger partial charge is 0.744 e. The third-order valence-electron chi connectivity index (χ3n) is 0. The van der Waals surface area contributed by atoms with Crippen molar-refractivity contribution in [2.75, 3.05) is 0 Å². The Morgan fingerprint density at radius 2 is 1.33 bits per heavy atom. The molecule has 0 saturated carbocycles. The Kier molecular flexibility index (Phi) is 24.4. The van der Waals surface area contributed by atoms with Crippen LogP contribution in [-0.4, -0.2) is 5.48 Å². The van der Waals surface area contributed by atoms with Gasteiger partial charge >= 0.3 is 29.6 Å². The van der Waals surface area contributed by atoms with Crippen LogP contribution in [0.3, 0.4) is 0 Å². The van der Waals surface area contributed by atoms with E-state index in [4.69, 9.17) is 14.0 Å². The van der Waals surface area contributed by atoms with Crippen molar-refractivity contribution in [1.82, 2.24) is 0 Å². The van der Waals surface area contributed by atoms with E-state index in [9.17, 15) is 0 Å². The quantitative estimate of drug-likeness (QED) is 0.239. The van der Waals surface area contributed by atoms with E-state index in [1.807, 2.05) is 0 Å². The molecule has 0 atom stereocenters. The third-order valence-corrected chi connectivity index (χ3v) is 0. The summed E-state index contributed by atoms with van der Waals surface area (Å²) in [4.78, 5) is 8.48. The summed E-state index contributed by atoms with van der Waals surface area (Å²) in [6.07, 6.45) is 0. The summed E-state index contributed by atoms with van der Waals surface area (Å²) in [7, 11) is -3.37. The summed E-state index contributed by atoms with van der Waals surface area (Å²) in [5.74, 6) is 0. The van der Waals surface area contributed by atoms with Gasteiger partial charge in [-0.25, -0.2) is 0 Å². The van der Waals surface area contributed by atoms with Gasteiger partial charge in [0.05, 0.1) is 0 Å². The molecule has 0 unspecified atom stereocenters. The molecule has 0 aromatic rings. The summed E-state index contributed by atoms with van der Waals surface area (Å²) < 4.78 is 17.0. The van der Waals surface area contributed by atoms with Gasteiger partial charge in [-0.1, -0.05) is 0 Å². The molecule has 32 valence electrons. The van der Waals surface area contributed by atoms with Gasteiger partial charge in [-0.05, 0) is 0 Å². The molecule has 0 aliphatic rings. The van der Waals surface area contributed by atoms with Crippen LogP contribution in [0.1, 0.15) is 0 Å². The molecule has 6 heavy (non-hydrogen) atoms. The molecule has 0 saturated heterocycles. The van der Waals surface area contributed by atoms with Gasteiger partial charge in [-0.3, -0.25) is 9.13 Å². The van der Waals surface area contributed by atoms with Crippen molar-refractivity contribution in [3.05, 3.63) is 0 Å². The van der Waals surface area contributed by atoms with Crippen LogP contribution >= 0.6 is 7.91 Å². The van der Waals surface area contributed by atoms with Gasteiger partial charge in [-0.2, -0.15) is 0 Å². The minimum absolute atomic E-state index is 0. The number of hydrogen-bond acceptors (Lipinski definition) is 3. The Labute approximate surface area is 57.1 Å². The monoisotopic (exact) mass is 120 g/mol. The molecular weight excluding hydrogens is 118 g/mol. The first-order valence-corrected chi connectivity index (χ1v) is 1.64. The van der Waals surface area contributed by atoms with Crippen LogP contribution in [0.25, 0.3) is 0 Å². The van der Waals surface area contributed by atoms with E-state index in [1.54, 1.807) is 0 Å². The summed E-state index contributed by atoms with van der Waals surface area (Å²) in [6, 6.07) is 0. The predicted molar refractivity (Wildman–Crippen MR) is 11.9 cm³/mol. The summed E-state index contributed by atoms with van der Waals surface area (Å²) >= 11 is 0. The fourth-order valence-corrected chi connectivity index (χ4v) is 0. The van der Waals surface area contributed by atoms with E-state index >= 15 is 0 Å². The molecule has 0 radical (unpaired) electrons. The zero-order valence-electron chi connectivity index (χ0n) is 3.17. The van der Waals surface area contributed by atoms with Crippen molar-refractivity contribution in [2.24, 2.45) is 0 Å². The molecule has 0 heterocycles. The fraction of sp³-hybridized carbons (Fsp3) is 0. The van der Waals surface area contributed by atoms with Gasteiger partial charge in [-0.15, -0.1) is 0 Å². The molecule has 0 aliphatic heterocycles. The average Bonchev–Trinajstić information content (AvgIpc) is 0.811. The molecule has 0 spiro atoms. The molecule has 0 aromatic carbocycles. The molecule has 2 N–H and O–H groups in total. The molecule has 0 aliphatic carbocycles. The summed E-state index contributed by atoms with van der Waals surface area (Å²) in [6.45, 7) is 0. The van der Waals surface area contributed by atoms with Crippen molar-refractivity contribution in [1.29, 1.82) is 0 Å². The second-order valence-corrected chi connectivity index (χ2v) is 0.671. The van der Waals surface area contributed by atoms with Gasteiger partial charge in [0, 0.05) is 0 Å². The number of rotatable bonds is 0. The molecule has 0 aromatic heterocycles. The fourth-order valence-electron chi connectivity index (χ4n) is 0. The predicted octanol–water partition coefficient (Wildman–Crippen LogP) is -4.39. The van der Waals surface area contributed by atoms with E-state index < -0.39 is 7.91 Å². The van der Waals surface area contributed by atoms with Crippen molar-refractivity contribution in [2.45, 2.75) is 0 Å². The van der Waals surface area contributed by atoms with Crippen LogP contribution in [0.2, 0.25) is 0 Å². The van der Waals surface area contributed by atoms with Gasteiger partial charge in [0.2, 0.25) is 7.91 Å². The van der Waals surface area contributed by atoms with Crippen LogP contribution in [0.5, 0.6) is 0 Å². The van der Waals surface area contributed by atoms with Crippen molar-refractivity contribution >= 4 is 7.91 Å². The van der Waals surface area contributed by atoms with E-state index in [2.05, 4.69) is 0 Å². The van der Waals surface area contributed by atoms with Gasteiger partial charge in [0.1, 0.15) is 0 Å². The molecule has 0 rings (SSSR count). The summed E-state index contributed by atoms with van der Waals surface area (Å²) in [5.41, 5.74) is 0. The standard InChI is InChI=1S/Na.HO3P.H2O/c;1-4(2)3;/h;(H,1,2,3);1H2/q+1;;/p-1. The van der Waals surface area contributed by atoms with Gasteiger partial charge in [0.15, 0.2) is 0 Å². The third kappa shape index (κ3) is 105. The van der Waals surface area contributed by atoms with E-state index in [0.717, 1.165) is 0 Å². The maximum Gasteiger partial charge on any atom is 1.00 e. The Bertz CT molecular complexity index is 55.9. The molecule has 0 bridgehead atoms. The second kappa shape index (κ2) is 9.27. The van der Waals surface area contributed by atoms with Gasteiger partial charge < -0.3 is 10.4 Å². The Hall–Kier alpha value is 0.820. The minimum Gasteiger partial charge on any atom is -0.744 e. The van der Waals surface area contributed by atoms with E-state index in [-0.39, 0.29) is 35.0 Å². The van der Waals surface area contributed by atoms with Crippen molar-refractivity contribution < 1.29 is 49.1 Å². The van der Waals surface area contributed by atoms with E-state index in [0.29, 0.717) is 0 Å². The largest absolute Gasteiger partial charge is 1.00 e. The first kappa shape index (κ1) is 15.8. The van der Waals surface area contributed by atoms with Crippen molar-refractivity contribution in [3.8, 4) is 0 Å². The zero-order chi connectivity index (χ0) is 3.58. The minimum atomic E-state index is -3.37. The maximum absolute atomic E-state index is 8.48. The average molecular weight is 120 g/mol. The normalized spacial score (nSPS) is 4.17. The molecule has 4 nitrogen and oxygen atoms in total. The number of hydrogen-bond donors (Lipinski definition) is 0. The Morgan fingerprint density at radius 1 is 1.33 bits per heavy atom. The van der Waals surface area contributed by atoms with Crippen LogP contribution in [0, 0.1) is 0 Å². The topological polar surface area (TPSA) is 88.7 Å². The Balaban J connectivity index is -0.0000000450.